The number of methoxy groups -OCH3 is 1. The molecule has 31 heavy (non-hydrogen) atoms. The van der Waals surface area contributed by atoms with Gasteiger partial charge in [-0.25, -0.2) is 9.59 Å². The third-order valence-corrected chi connectivity index (χ3v) is 4.96. The minimum Gasteiger partial charge on any atom is -0.460 e. The number of anilines is 2. The van der Waals surface area contributed by atoms with Crippen LogP contribution in [-0.4, -0.2) is 36.7 Å². The molecule has 0 aromatic heterocycles. The highest BCUT2D eigenvalue weighted by atomic mass is 32.2. The first-order valence-electron chi connectivity index (χ1n) is 9.71. The standard InChI is InChI=1S/C22H25N3O5S/c1-4-5-13-25(15(2)26)19-12-11-17(20(27)16-9-7-6-8-10-16)14-18(19)23-21(28)24-31-22(29)30-3/h6-12,14H,4-5,13H2,1-3H3,(H2,23,24,28). The molecule has 0 aliphatic heterocycles. The summed E-state index contributed by atoms with van der Waals surface area (Å²) in [7, 11) is 1.20. The Morgan fingerprint density at radius 3 is 2.35 bits per heavy atom. The molecule has 0 aliphatic carbocycles. The fraction of sp³-hybridized carbons (Fsp3) is 0.273. The van der Waals surface area contributed by atoms with Crippen molar-refractivity contribution in [2.24, 2.45) is 0 Å². The lowest BCUT2D eigenvalue weighted by Crippen LogP contribution is -2.32. The molecule has 0 spiro atoms. The lowest BCUT2D eigenvalue weighted by Gasteiger charge is -2.24. The molecule has 2 N–H and O–H groups in total. The number of amides is 3. The third-order valence-electron chi connectivity index (χ3n) is 4.34. The van der Waals surface area contributed by atoms with E-state index >= 15 is 0 Å². The molecule has 0 radical (unpaired) electrons. The number of unbranched alkanes of at least 4 members (excludes halogenated alkanes) is 1. The first-order valence-corrected chi connectivity index (χ1v) is 10.5. The molecule has 0 heterocycles. The summed E-state index contributed by atoms with van der Waals surface area (Å²) in [6.45, 7) is 3.91. The van der Waals surface area contributed by atoms with E-state index in [-0.39, 0.29) is 17.4 Å². The zero-order chi connectivity index (χ0) is 22.8. The first kappa shape index (κ1) is 23.9. The van der Waals surface area contributed by atoms with Crippen LogP contribution in [0.1, 0.15) is 42.6 Å². The molecule has 2 aromatic rings. The summed E-state index contributed by atoms with van der Waals surface area (Å²) in [5.74, 6) is -0.412. The summed E-state index contributed by atoms with van der Waals surface area (Å²) >= 11 is 0.475. The molecular formula is C22H25N3O5S. The van der Waals surface area contributed by atoms with Crippen molar-refractivity contribution < 1.29 is 23.9 Å². The molecular weight excluding hydrogens is 418 g/mol. The zero-order valence-electron chi connectivity index (χ0n) is 17.6. The summed E-state index contributed by atoms with van der Waals surface area (Å²) in [4.78, 5) is 50.2. The maximum atomic E-state index is 12.9. The number of ketones is 1. The number of urea groups is 1. The van der Waals surface area contributed by atoms with E-state index in [0.717, 1.165) is 12.8 Å². The number of rotatable bonds is 7. The van der Waals surface area contributed by atoms with Gasteiger partial charge in [-0.3, -0.25) is 14.3 Å². The van der Waals surface area contributed by atoms with Gasteiger partial charge in [0.2, 0.25) is 5.91 Å². The van der Waals surface area contributed by atoms with Gasteiger partial charge in [0.1, 0.15) is 0 Å². The van der Waals surface area contributed by atoms with Gasteiger partial charge in [-0.2, -0.15) is 0 Å². The van der Waals surface area contributed by atoms with Gasteiger partial charge in [0, 0.05) is 24.6 Å². The van der Waals surface area contributed by atoms with E-state index in [1.807, 2.05) is 13.0 Å². The number of benzene rings is 2. The summed E-state index contributed by atoms with van der Waals surface area (Å²) in [6, 6.07) is 12.8. The molecule has 0 bridgehead atoms. The number of carbonyl (C=O) groups excluding carboxylic acids is 4. The second-order valence-electron chi connectivity index (χ2n) is 6.56. The summed E-state index contributed by atoms with van der Waals surface area (Å²) in [6.07, 6.45) is 1.65. The molecule has 3 amide bonds. The smallest absolute Gasteiger partial charge is 0.387 e. The van der Waals surface area contributed by atoms with Gasteiger partial charge in [0.25, 0.3) is 0 Å². The predicted molar refractivity (Wildman–Crippen MR) is 121 cm³/mol. The maximum Gasteiger partial charge on any atom is 0.387 e. The highest BCUT2D eigenvalue weighted by molar-refractivity contribution is 8.12. The van der Waals surface area contributed by atoms with Gasteiger partial charge in [0.15, 0.2) is 5.78 Å². The molecule has 0 unspecified atom stereocenters. The van der Waals surface area contributed by atoms with E-state index in [0.29, 0.717) is 35.3 Å². The zero-order valence-corrected chi connectivity index (χ0v) is 18.5. The molecule has 9 heteroatoms. The van der Waals surface area contributed by atoms with Crippen LogP contribution in [0, 0.1) is 0 Å². The van der Waals surface area contributed by atoms with Crippen molar-refractivity contribution in [2.75, 3.05) is 23.9 Å². The fourth-order valence-corrected chi connectivity index (χ4v) is 3.12. The van der Waals surface area contributed by atoms with Crippen molar-refractivity contribution >= 4 is 46.3 Å². The van der Waals surface area contributed by atoms with Gasteiger partial charge in [-0.1, -0.05) is 43.7 Å². The van der Waals surface area contributed by atoms with E-state index in [2.05, 4.69) is 14.8 Å². The molecule has 2 rings (SSSR count). The van der Waals surface area contributed by atoms with Gasteiger partial charge in [0.05, 0.1) is 30.4 Å². The number of nitrogens with one attached hydrogen (secondary N) is 2. The van der Waals surface area contributed by atoms with Crippen LogP contribution >= 0.6 is 11.9 Å². The van der Waals surface area contributed by atoms with Gasteiger partial charge in [-0.15, -0.1) is 0 Å². The van der Waals surface area contributed by atoms with E-state index in [1.165, 1.54) is 20.1 Å². The summed E-state index contributed by atoms with van der Waals surface area (Å²) < 4.78 is 6.78. The van der Waals surface area contributed by atoms with E-state index in [1.54, 1.807) is 41.3 Å². The second-order valence-corrected chi connectivity index (χ2v) is 7.31. The number of hydrogen-bond donors (Lipinski definition) is 2. The highest BCUT2D eigenvalue weighted by Gasteiger charge is 2.19. The van der Waals surface area contributed by atoms with Gasteiger partial charge < -0.3 is 15.0 Å². The van der Waals surface area contributed by atoms with Crippen LogP contribution in [0.25, 0.3) is 0 Å². The van der Waals surface area contributed by atoms with Crippen molar-refractivity contribution in [1.82, 2.24) is 4.72 Å². The first-order chi connectivity index (χ1) is 14.9. The quantitative estimate of drug-likeness (QED) is 0.368. The second kappa shape index (κ2) is 11.8. The Hall–Kier alpha value is -3.33. The molecule has 0 saturated carbocycles. The SMILES string of the molecule is CCCCN(C(C)=O)c1ccc(C(=O)c2ccccc2)cc1NC(=O)NSC(=O)OC. The maximum absolute atomic E-state index is 12.9. The van der Waals surface area contributed by atoms with Crippen LogP contribution in [0.3, 0.4) is 0 Å². The number of ether oxygens (including phenoxy) is 1. The average molecular weight is 444 g/mol. The number of hydrogen-bond acceptors (Lipinski definition) is 6. The fourth-order valence-electron chi connectivity index (χ4n) is 2.81. The summed E-state index contributed by atoms with van der Waals surface area (Å²) in [5, 5.41) is 1.94. The molecule has 0 saturated heterocycles. The highest BCUT2D eigenvalue weighted by Crippen LogP contribution is 2.29. The minimum atomic E-state index is -0.694. The van der Waals surface area contributed by atoms with Crippen molar-refractivity contribution in [3.8, 4) is 0 Å². The predicted octanol–water partition coefficient (Wildman–Crippen LogP) is 4.61. The monoisotopic (exact) mass is 443 g/mol. The van der Waals surface area contributed by atoms with Crippen molar-refractivity contribution in [1.29, 1.82) is 0 Å². The largest absolute Gasteiger partial charge is 0.460 e. The number of carbonyl (C=O) groups is 4. The van der Waals surface area contributed by atoms with Crippen molar-refractivity contribution in [3.63, 3.8) is 0 Å². The van der Waals surface area contributed by atoms with Crippen LogP contribution in [0.15, 0.2) is 48.5 Å². The molecule has 164 valence electrons. The van der Waals surface area contributed by atoms with Crippen molar-refractivity contribution in [2.45, 2.75) is 26.7 Å². The molecule has 0 atom stereocenters. The average Bonchev–Trinajstić information content (AvgIpc) is 2.78. The van der Waals surface area contributed by atoms with E-state index in [4.69, 9.17) is 0 Å². The van der Waals surface area contributed by atoms with Crippen LogP contribution in [0.5, 0.6) is 0 Å². The Morgan fingerprint density at radius 1 is 1.03 bits per heavy atom. The normalized spacial score (nSPS) is 10.2. The topological polar surface area (TPSA) is 105 Å². The van der Waals surface area contributed by atoms with Gasteiger partial charge >= 0.3 is 11.3 Å². The van der Waals surface area contributed by atoms with E-state index < -0.39 is 11.3 Å². The van der Waals surface area contributed by atoms with Crippen LogP contribution in [0.2, 0.25) is 0 Å². The summed E-state index contributed by atoms with van der Waals surface area (Å²) in [5.41, 5.74) is 1.59. The Labute approximate surface area is 185 Å². The van der Waals surface area contributed by atoms with Crippen molar-refractivity contribution in [3.05, 3.63) is 59.7 Å². The Kier molecular flexibility index (Phi) is 9.08. The van der Waals surface area contributed by atoms with Gasteiger partial charge in [-0.05, 0) is 24.6 Å². The Bertz CT molecular complexity index is 949. The molecule has 8 nitrogen and oxygen atoms in total. The lowest BCUT2D eigenvalue weighted by atomic mass is 10.0. The van der Waals surface area contributed by atoms with E-state index in [9.17, 15) is 19.2 Å². The van der Waals surface area contributed by atoms with Crippen LogP contribution in [-0.2, 0) is 9.53 Å². The lowest BCUT2D eigenvalue weighted by molar-refractivity contribution is -0.116. The molecule has 2 aromatic carbocycles. The van der Waals surface area contributed by atoms with Crippen LogP contribution < -0.4 is 14.9 Å². The number of nitrogens with zero attached hydrogens (tertiary/aromatic N) is 1. The van der Waals surface area contributed by atoms with Crippen LogP contribution in [0.4, 0.5) is 21.0 Å². The molecule has 0 aliphatic rings. The Morgan fingerprint density at radius 2 is 1.74 bits per heavy atom. The molecule has 0 fully saturated rings. The third kappa shape index (κ3) is 6.85. The Balaban J connectivity index is 2.39. The minimum absolute atomic E-state index is 0.192.